The summed E-state index contributed by atoms with van der Waals surface area (Å²) in [5.41, 5.74) is 1.24. The molecule has 3 heteroatoms. The van der Waals surface area contributed by atoms with Gasteiger partial charge in [-0.3, -0.25) is 0 Å². The standard InChI is InChI=1S/C11H12O3/c1-14-11(13)10-7-3-2-5-9(10)6-4-8-12/h2-7,12H,8H2,1H3. The van der Waals surface area contributed by atoms with Crippen LogP contribution in [0.3, 0.4) is 0 Å². The molecule has 0 spiro atoms. The molecule has 0 saturated heterocycles. The highest BCUT2D eigenvalue weighted by Gasteiger charge is 2.07. The van der Waals surface area contributed by atoms with E-state index in [1.54, 1.807) is 30.4 Å². The Balaban J connectivity index is 3.03. The van der Waals surface area contributed by atoms with Crippen molar-refractivity contribution in [3.05, 3.63) is 41.5 Å². The van der Waals surface area contributed by atoms with Gasteiger partial charge in [-0.25, -0.2) is 4.79 Å². The number of methoxy groups -OCH3 is 1. The first kappa shape index (κ1) is 10.5. The lowest BCUT2D eigenvalue weighted by Crippen LogP contribution is -2.03. The summed E-state index contributed by atoms with van der Waals surface area (Å²) in [6.45, 7) is -0.0461. The molecule has 74 valence electrons. The summed E-state index contributed by atoms with van der Waals surface area (Å²) in [7, 11) is 1.34. The molecule has 0 aliphatic rings. The van der Waals surface area contributed by atoms with Crippen LogP contribution in [0.4, 0.5) is 0 Å². The van der Waals surface area contributed by atoms with Gasteiger partial charge < -0.3 is 9.84 Å². The minimum atomic E-state index is -0.372. The minimum Gasteiger partial charge on any atom is -0.465 e. The molecule has 0 amide bonds. The average Bonchev–Trinajstić information content (AvgIpc) is 2.25. The highest BCUT2D eigenvalue weighted by Crippen LogP contribution is 2.11. The van der Waals surface area contributed by atoms with E-state index in [2.05, 4.69) is 4.74 Å². The normalized spacial score (nSPS) is 10.4. The third-order valence-corrected chi connectivity index (χ3v) is 1.77. The Morgan fingerprint density at radius 2 is 2.21 bits per heavy atom. The van der Waals surface area contributed by atoms with Crippen molar-refractivity contribution in [3.63, 3.8) is 0 Å². The van der Waals surface area contributed by atoms with Crippen LogP contribution in [0, 0.1) is 0 Å². The van der Waals surface area contributed by atoms with E-state index in [-0.39, 0.29) is 12.6 Å². The van der Waals surface area contributed by atoms with Gasteiger partial charge in [0.05, 0.1) is 19.3 Å². The van der Waals surface area contributed by atoms with Crippen LogP contribution in [0.5, 0.6) is 0 Å². The van der Waals surface area contributed by atoms with Crippen molar-refractivity contribution >= 4 is 12.0 Å². The SMILES string of the molecule is COC(=O)c1ccccc1C=CCO. The van der Waals surface area contributed by atoms with E-state index in [4.69, 9.17) is 5.11 Å². The van der Waals surface area contributed by atoms with Crippen LogP contribution < -0.4 is 0 Å². The van der Waals surface area contributed by atoms with Crippen LogP contribution in [0.25, 0.3) is 6.08 Å². The maximum absolute atomic E-state index is 11.3. The van der Waals surface area contributed by atoms with Crippen molar-refractivity contribution in [2.45, 2.75) is 0 Å². The number of carbonyl (C=O) groups excluding carboxylic acids is 1. The average molecular weight is 192 g/mol. The van der Waals surface area contributed by atoms with Crippen molar-refractivity contribution in [2.24, 2.45) is 0 Å². The second-order valence-corrected chi connectivity index (χ2v) is 2.66. The van der Waals surface area contributed by atoms with E-state index >= 15 is 0 Å². The van der Waals surface area contributed by atoms with Crippen molar-refractivity contribution in [3.8, 4) is 0 Å². The Morgan fingerprint density at radius 1 is 1.50 bits per heavy atom. The van der Waals surface area contributed by atoms with Gasteiger partial charge in [-0.05, 0) is 11.6 Å². The molecule has 0 fully saturated rings. The Bertz CT molecular complexity index is 342. The lowest BCUT2D eigenvalue weighted by atomic mass is 10.1. The van der Waals surface area contributed by atoms with Crippen molar-refractivity contribution in [1.29, 1.82) is 0 Å². The van der Waals surface area contributed by atoms with Crippen LogP contribution in [0.2, 0.25) is 0 Å². The van der Waals surface area contributed by atoms with Crippen molar-refractivity contribution in [2.75, 3.05) is 13.7 Å². The van der Waals surface area contributed by atoms with E-state index in [1.165, 1.54) is 7.11 Å². The zero-order valence-electron chi connectivity index (χ0n) is 7.93. The third-order valence-electron chi connectivity index (χ3n) is 1.77. The van der Waals surface area contributed by atoms with Gasteiger partial charge in [-0.2, -0.15) is 0 Å². The number of aliphatic hydroxyl groups is 1. The van der Waals surface area contributed by atoms with Crippen molar-refractivity contribution in [1.82, 2.24) is 0 Å². The van der Waals surface area contributed by atoms with E-state index in [0.29, 0.717) is 5.56 Å². The fourth-order valence-electron chi connectivity index (χ4n) is 1.12. The molecule has 0 heterocycles. The molecule has 1 N–H and O–H groups in total. The Morgan fingerprint density at radius 3 is 2.86 bits per heavy atom. The predicted octanol–water partition coefficient (Wildman–Crippen LogP) is 1.48. The van der Waals surface area contributed by atoms with Gasteiger partial charge in [0.2, 0.25) is 0 Å². The number of carbonyl (C=O) groups is 1. The lowest BCUT2D eigenvalue weighted by Gasteiger charge is -2.02. The van der Waals surface area contributed by atoms with Crippen LogP contribution in [0.15, 0.2) is 30.3 Å². The van der Waals surface area contributed by atoms with Gasteiger partial charge in [-0.15, -0.1) is 0 Å². The number of hydrogen-bond acceptors (Lipinski definition) is 3. The van der Waals surface area contributed by atoms with Crippen molar-refractivity contribution < 1.29 is 14.6 Å². The predicted molar refractivity (Wildman–Crippen MR) is 53.9 cm³/mol. The minimum absolute atomic E-state index is 0.0461. The number of ether oxygens (including phenoxy) is 1. The van der Waals surface area contributed by atoms with Crippen LogP contribution in [-0.4, -0.2) is 24.8 Å². The molecule has 0 saturated carbocycles. The molecule has 0 atom stereocenters. The number of aliphatic hydroxyl groups excluding tert-OH is 1. The Hall–Kier alpha value is -1.61. The van der Waals surface area contributed by atoms with Gasteiger partial charge in [-0.1, -0.05) is 30.4 Å². The molecular weight excluding hydrogens is 180 g/mol. The molecule has 0 unspecified atom stereocenters. The lowest BCUT2D eigenvalue weighted by molar-refractivity contribution is 0.0600. The maximum atomic E-state index is 11.3. The molecule has 0 bridgehead atoms. The zero-order valence-corrected chi connectivity index (χ0v) is 7.93. The Labute approximate surface area is 82.6 Å². The van der Waals surface area contributed by atoms with Gasteiger partial charge in [0, 0.05) is 0 Å². The second-order valence-electron chi connectivity index (χ2n) is 2.66. The zero-order chi connectivity index (χ0) is 10.4. The molecule has 0 aliphatic carbocycles. The fraction of sp³-hybridized carbons (Fsp3) is 0.182. The first-order chi connectivity index (χ1) is 6.79. The highest BCUT2D eigenvalue weighted by atomic mass is 16.5. The summed E-state index contributed by atoms with van der Waals surface area (Å²) in [4.78, 5) is 11.3. The third kappa shape index (κ3) is 2.44. The number of rotatable bonds is 3. The summed E-state index contributed by atoms with van der Waals surface area (Å²) in [5.74, 6) is -0.372. The molecular formula is C11H12O3. The largest absolute Gasteiger partial charge is 0.465 e. The summed E-state index contributed by atoms with van der Waals surface area (Å²) in [5, 5.41) is 8.61. The van der Waals surface area contributed by atoms with Crippen LogP contribution >= 0.6 is 0 Å². The first-order valence-electron chi connectivity index (χ1n) is 4.24. The highest BCUT2D eigenvalue weighted by molar-refractivity contribution is 5.93. The molecule has 14 heavy (non-hydrogen) atoms. The monoisotopic (exact) mass is 192 g/mol. The summed E-state index contributed by atoms with van der Waals surface area (Å²) >= 11 is 0. The molecule has 0 aliphatic heterocycles. The van der Waals surface area contributed by atoms with E-state index < -0.39 is 0 Å². The van der Waals surface area contributed by atoms with Gasteiger partial charge in [0.1, 0.15) is 0 Å². The summed E-state index contributed by atoms with van der Waals surface area (Å²) < 4.78 is 4.62. The van der Waals surface area contributed by atoms with Gasteiger partial charge in [0.15, 0.2) is 0 Å². The van der Waals surface area contributed by atoms with E-state index in [0.717, 1.165) is 5.56 Å². The van der Waals surface area contributed by atoms with Gasteiger partial charge in [0.25, 0.3) is 0 Å². The van der Waals surface area contributed by atoms with E-state index in [9.17, 15) is 4.79 Å². The number of hydrogen-bond donors (Lipinski definition) is 1. The maximum Gasteiger partial charge on any atom is 0.338 e. The van der Waals surface area contributed by atoms with E-state index in [1.807, 2.05) is 6.07 Å². The Kier molecular flexibility index (Phi) is 3.88. The first-order valence-corrected chi connectivity index (χ1v) is 4.24. The molecule has 1 aromatic rings. The van der Waals surface area contributed by atoms with Gasteiger partial charge >= 0.3 is 5.97 Å². The second kappa shape index (κ2) is 5.19. The van der Waals surface area contributed by atoms with Crippen LogP contribution in [-0.2, 0) is 4.74 Å². The van der Waals surface area contributed by atoms with Crippen LogP contribution in [0.1, 0.15) is 15.9 Å². The number of esters is 1. The molecule has 1 aromatic carbocycles. The smallest absolute Gasteiger partial charge is 0.338 e. The topological polar surface area (TPSA) is 46.5 Å². The summed E-state index contributed by atoms with van der Waals surface area (Å²) in [6, 6.07) is 7.06. The molecule has 1 rings (SSSR count). The molecule has 0 aromatic heterocycles. The number of benzene rings is 1. The fourth-order valence-corrected chi connectivity index (χ4v) is 1.12. The molecule has 0 radical (unpaired) electrons. The summed E-state index contributed by atoms with van der Waals surface area (Å²) in [6.07, 6.45) is 3.26. The quantitative estimate of drug-likeness (QED) is 0.738. The molecule has 3 nitrogen and oxygen atoms in total.